The third-order valence-corrected chi connectivity index (χ3v) is 3.53. The van der Waals surface area contributed by atoms with Crippen LogP contribution in [0.3, 0.4) is 0 Å². The fourth-order valence-electron chi connectivity index (χ4n) is 2.55. The highest BCUT2D eigenvalue weighted by Gasteiger charge is 2.28. The van der Waals surface area contributed by atoms with E-state index >= 15 is 0 Å². The smallest absolute Gasteiger partial charge is 0.0945 e. The molecule has 2 heterocycles. The van der Waals surface area contributed by atoms with E-state index in [1.54, 1.807) is 0 Å². The molecule has 0 bridgehead atoms. The van der Waals surface area contributed by atoms with Crippen molar-refractivity contribution in [2.24, 2.45) is 0 Å². The van der Waals surface area contributed by atoms with E-state index in [9.17, 15) is 0 Å². The molecule has 0 saturated carbocycles. The molecule has 0 aromatic carbocycles. The fraction of sp³-hybridized carbons (Fsp3) is 0.786. The molecular weight excluding hydrogens is 226 g/mol. The number of rotatable bonds is 6. The summed E-state index contributed by atoms with van der Waals surface area (Å²) in [6.45, 7) is 7.43. The van der Waals surface area contributed by atoms with Crippen LogP contribution in [0.4, 0.5) is 0 Å². The van der Waals surface area contributed by atoms with Crippen LogP contribution in [0.5, 0.6) is 0 Å². The summed E-state index contributed by atoms with van der Waals surface area (Å²) >= 11 is 0. The molecule has 1 aromatic rings. The van der Waals surface area contributed by atoms with Crippen LogP contribution in [0.2, 0.25) is 0 Å². The second-order valence-electron chi connectivity index (χ2n) is 5.76. The average Bonchev–Trinajstić information content (AvgIpc) is 2.80. The van der Waals surface area contributed by atoms with Crippen molar-refractivity contribution >= 4 is 0 Å². The van der Waals surface area contributed by atoms with Gasteiger partial charge in [-0.2, -0.15) is 0 Å². The molecule has 0 radical (unpaired) electrons. The molecule has 1 unspecified atom stereocenters. The van der Waals surface area contributed by atoms with Gasteiger partial charge in [-0.25, -0.2) is 4.98 Å². The molecule has 0 spiro atoms. The van der Waals surface area contributed by atoms with Gasteiger partial charge in [0, 0.05) is 31.6 Å². The van der Waals surface area contributed by atoms with Crippen LogP contribution in [0.15, 0.2) is 18.7 Å². The number of ether oxygens (including phenoxy) is 1. The summed E-state index contributed by atoms with van der Waals surface area (Å²) in [7, 11) is 0. The summed E-state index contributed by atoms with van der Waals surface area (Å²) in [5, 5.41) is 3.65. The minimum atomic E-state index is 0.0483. The van der Waals surface area contributed by atoms with Crippen molar-refractivity contribution in [3.8, 4) is 0 Å². The maximum Gasteiger partial charge on any atom is 0.0945 e. The Kier molecular flexibility index (Phi) is 4.78. The molecule has 0 amide bonds. The Bertz CT molecular complexity index is 335. The van der Waals surface area contributed by atoms with E-state index in [4.69, 9.17) is 4.74 Å². The zero-order valence-corrected chi connectivity index (χ0v) is 11.6. The number of imidazole rings is 1. The quantitative estimate of drug-likeness (QED) is 0.788. The van der Waals surface area contributed by atoms with E-state index in [-0.39, 0.29) is 5.60 Å². The number of hydrogen-bond donors (Lipinski definition) is 1. The molecule has 1 fully saturated rings. The van der Waals surface area contributed by atoms with Gasteiger partial charge in [0.2, 0.25) is 0 Å². The zero-order chi connectivity index (χ0) is 12.8. The molecule has 102 valence electrons. The summed E-state index contributed by atoms with van der Waals surface area (Å²) in [6.07, 6.45) is 10.4. The first-order valence-corrected chi connectivity index (χ1v) is 6.99. The highest BCUT2D eigenvalue weighted by Crippen LogP contribution is 2.23. The Balaban J connectivity index is 1.55. The number of nitrogens with one attached hydrogen (secondary N) is 1. The van der Waals surface area contributed by atoms with Crippen molar-refractivity contribution in [3.05, 3.63) is 18.7 Å². The molecule has 1 aliphatic heterocycles. The molecule has 1 aliphatic rings. The van der Waals surface area contributed by atoms with Gasteiger partial charge in [-0.1, -0.05) is 0 Å². The Hall–Kier alpha value is -0.870. The van der Waals surface area contributed by atoms with Crippen LogP contribution in [-0.4, -0.2) is 34.3 Å². The fourth-order valence-corrected chi connectivity index (χ4v) is 2.55. The van der Waals surface area contributed by atoms with Gasteiger partial charge in [0.05, 0.1) is 11.9 Å². The molecule has 1 N–H and O–H groups in total. The lowest BCUT2D eigenvalue weighted by Gasteiger charge is -2.36. The van der Waals surface area contributed by atoms with Crippen molar-refractivity contribution in [1.29, 1.82) is 0 Å². The van der Waals surface area contributed by atoms with E-state index in [0.29, 0.717) is 6.04 Å². The van der Waals surface area contributed by atoms with Gasteiger partial charge in [-0.05, 0) is 46.1 Å². The number of hydrogen-bond acceptors (Lipinski definition) is 3. The zero-order valence-electron chi connectivity index (χ0n) is 11.6. The van der Waals surface area contributed by atoms with Gasteiger partial charge in [0.25, 0.3) is 0 Å². The number of unbranched alkanes of at least 4 members (excludes halogenated alkanes) is 1. The lowest BCUT2D eigenvalue weighted by molar-refractivity contribution is -0.0628. The first-order chi connectivity index (χ1) is 8.66. The maximum atomic E-state index is 5.72. The monoisotopic (exact) mass is 251 g/mol. The SMILES string of the molecule is CC1(C)CC(NCCCCn2ccnc2)CCO1. The van der Waals surface area contributed by atoms with Gasteiger partial charge in [-0.15, -0.1) is 0 Å². The summed E-state index contributed by atoms with van der Waals surface area (Å²) in [6, 6.07) is 0.627. The summed E-state index contributed by atoms with van der Waals surface area (Å²) in [4.78, 5) is 4.04. The van der Waals surface area contributed by atoms with E-state index in [1.807, 2.05) is 18.7 Å². The van der Waals surface area contributed by atoms with Crippen molar-refractivity contribution < 1.29 is 4.74 Å². The van der Waals surface area contributed by atoms with Crippen LogP contribution in [0, 0.1) is 0 Å². The molecule has 2 rings (SSSR count). The Morgan fingerprint density at radius 2 is 2.33 bits per heavy atom. The van der Waals surface area contributed by atoms with E-state index in [0.717, 1.165) is 32.5 Å². The Morgan fingerprint density at radius 1 is 1.44 bits per heavy atom. The van der Waals surface area contributed by atoms with Crippen molar-refractivity contribution in [1.82, 2.24) is 14.9 Å². The van der Waals surface area contributed by atoms with Crippen molar-refractivity contribution in [2.45, 2.75) is 57.7 Å². The summed E-state index contributed by atoms with van der Waals surface area (Å²) < 4.78 is 7.86. The van der Waals surface area contributed by atoms with Crippen LogP contribution in [0.1, 0.15) is 39.5 Å². The standard InChI is InChI=1S/C14H25N3O/c1-14(2)11-13(5-10-18-14)16-6-3-4-8-17-9-7-15-12-17/h7,9,12-13,16H,3-6,8,10-11H2,1-2H3. The van der Waals surface area contributed by atoms with E-state index in [2.05, 4.69) is 28.7 Å². The van der Waals surface area contributed by atoms with Gasteiger partial charge >= 0.3 is 0 Å². The third-order valence-electron chi connectivity index (χ3n) is 3.53. The second kappa shape index (κ2) is 6.34. The van der Waals surface area contributed by atoms with Crippen LogP contribution >= 0.6 is 0 Å². The van der Waals surface area contributed by atoms with Crippen LogP contribution < -0.4 is 5.32 Å². The van der Waals surface area contributed by atoms with Crippen LogP contribution in [0.25, 0.3) is 0 Å². The van der Waals surface area contributed by atoms with Crippen molar-refractivity contribution in [3.63, 3.8) is 0 Å². The van der Waals surface area contributed by atoms with Gasteiger partial charge in [0.15, 0.2) is 0 Å². The van der Waals surface area contributed by atoms with E-state index < -0.39 is 0 Å². The first kappa shape index (κ1) is 13.6. The predicted molar refractivity (Wildman–Crippen MR) is 72.5 cm³/mol. The number of aromatic nitrogens is 2. The molecule has 0 aliphatic carbocycles. The molecule has 1 aromatic heterocycles. The number of nitrogens with zero attached hydrogens (tertiary/aromatic N) is 2. The third kappa shape index (κ3) is 4.42. The second-order valence-corrected chi connectivity index (χ2v) is 5.76. The van der Waals surface area contributed by atoms with Crippen LogP contribution in [-0.2, 0) is 11.3 Å². The Labute approximate surface area is 110 Å². The maximum absolute atomic E-state index is 5.72. The first-order valence-electron chi connectivity index (χ1n) is 6.99. The lowest BCUT2D eigenvalue weighted by Crippen LogP contribution is -2.43. The van der Waals surface area contributed by atoms with E-state index in [1.165, 1.54) is 12.8 Å². The minimum Gasteiger partial charge on any atom is -0.375 e. The lowest BCUT2D eigenvalue weighted by atomic mass is 9.94. The minimum absolute atomic E-state index is 0.0483. The molecule has 18 heavy (non-hydrogen) atoms. The Morgan fingerprint density at radius 3 is 3.06 bits per heavy atom. The van der Waals surface area contributed by atoms with Gasteiger partial charge < -0.3 is 14.6 Å². The molecule has 4 nitrogen and oxygen atoms in total. The average molecular weight is 251 g/mol. The highest BCUT2D eigenvalue weighted by molar-refractivity contribution is 4.82. The van der Waals surface area contributed by atoms with Gasteiger partial charge in [0.1, 0.15) is 0 Å². The largest absolute Gasteiger partial charge is 0.375 e. The predicted octanol–water partition coefficient (Wildman–Crippen LogP) is 2.21. The molecule has 1 saturated heterocycles. The normalized spacial score (nSPS) is 23.1. The number of aryl methyl sites for hydroxylation is 1. The summed E-state index contributed by atoms with van der Waals surface area (Å²) in [5.41, 5.74) is 0.0483. The summed E-state index contributed by atoms with van der Waals surface area (Å²) in [5.74, 6) is 0. The highest BCUT2D eigenvalue weighted by atomic mass is 16.5. The molecule has 4 heteroatoms. The molecular formula is C14H25N3O. The van der Waals surface area contributed by atoms with Crippen molar-refractivity contribution in [2.75, 3.05) is 13.2 Å². The van der Waals surface area contributed by atoms with Gasteiger partial charge in [-0.3, -0.25) is 0 Å². The molecule has 1 atom stereocenters. The topological polar surface area (TPSA) is 39.1 Å².